The van der Waals surface area contributed by atoms with Crippen molar-refractivity contribution in [1.82, 2.24) is 0 Å². The first kappa shape index (κ1) is 11.0. The van der Waals surface area contributed by atoms with Gasteiger partial charge in [-0.2, -0.15) is 0 Å². The van der Waals surface area contributed by atoms with E-state index < -0.39 is 5.97 Å². The summed E-state index contributed by atoms with van der Waals surface area (Å²) in [6, 6.07) is 3.82. The maximum Gasteiger partial charge on any atom is 0.335 e. The molecular weight excluding hydrogens is 203 g/mol. The Morgan fingerprint density at radius 1 is 1.50 bits per heavy atom. The predicted octanol–water partition coefficient (Wildman–Crippen LogP) is 3.02. The Morgan fingerprint density at radius 2 is 2.14 bits per heavy atom. The van der Waals surface area contributed by atoms with Gasteiger partial charge in [0.15, 0.2) is 0 Å². The van der Waals surface area contributed by atoms with E-state index in [4.69, 9.17) is 5.11 Å². The number of carboxylic acids is 1. The Labute approximate surface area is 86.1 Å². The SMILES string of the molecule is CC(C)Sc1cc(C(=O)O)ccc1F. The van der Waals surface area contributed by atoms with E-state index in [1.54, 1.807) is 0 Å². The molecule has 1 aromatic rings. The first-order valence-corrected chi connectivity index (χ1v) is 5.08. The van der Waals surface area contributed by atoms with Crippen LogP contribution >= 0.6 is 11.8 Å². The van der Waals surface area contributed by atoms with Crippen molar-refractivity contribution >= 4 is 17.7 Å². The molecule has 0 aliphatic carbocycles. The minimum absolute atomic E-state index is 0.120. The Hall–Kier alpha value is -1.03. The van der Waals surface area contributed by atoms with E-state index in [9.17, 15) is 9.18 Å². The van der Waals surface area contributed by atoms with Crippen molar-refractivity contribution in [1.29, 1.82) is 0 Å². The molecule has 2 nitrogen and oxygen atoms in total. The number of aromatic carboxylic acids is 1. The molecule has 76 valence electrons. The standard InChI is InChI=1S/C10H11FO2S/c1-6(2)14-9-5-7(10(12)13)3-4-8(9)11/h3-6H,1-2H3,(H,12,13). The van der Waals surface area contributed by atoms with Crippen molar-refractivity contribution in [3.8, 4) is 0 Å². The summed E-state index contributed by atoms with van der Waals surface area (Å²) in [6.45, 7) is 3.86. The van der Waals surface area contributed by atoms with Gasteiger partial charge in [0, 0.05) is 10.1 Å². The molecule has 4 heteroatoms. The molecule has 1 aromatic carbocycles. The first-order valence-electron chi connectivity index (χ1n) is 4.20. The summed E-state index contributed by atoms with van der Waals surface area (Å²) in [4.78, 5) is 11.0. The smallest absolute Gasteiger partial charge is 0.335 e. The highest BCUT2D eigenvalue weighted by molar-refractivity contribution is 7.99. The normalized spacial score (nSPS) is 10.6. The molecule has 0 unspecified atom stereocenters. The van der Waals surface area contributed by atoms with Crippen molar-refractivity contribution in [3.05, 3.63) is 29.6 Å². The van der Waals surface area contributed by atoms with Crippen LogP contribution in [0.2, 0.25) is 0 Å². The summed E-state index contributed by atoms with van der Waals surface area (Å²) < 4.78 is 13.2. The van der Waals surface area contributed by atoms with E-state index >= 15 is 0 Å². The quantitative estimate of drug-likeness (QED) is 0.786. The largest absolute Gasteiger partial charge is 0.478 e. The van der Waals surface area contributed by atoms with Crippen LogP contribution in [0.15, 0.2) is 23.1 Å². The summed E-state index contributed by atoms with van der Waals surface area (Å²) in [5, 5.41) is 8.93. The van der Waals surface area contributed by atoms with Crippen molar-refractivity contribution in [2.24, 2.45) is 0 Å². The number of carbonyl (C=O) groups is 1. The van der Waals surface area contributed by atoms with E-state index in [1.807, 2.05) is 13.8 Å². The number of carboxylic acid groups (broad SMARTS) is 1. The van der Waals surface area contributed by atoms with Crippen molar-refractivity contribution in [3.63, 3.8) is 0 Å². The van der Waals surface area contributed by atoms with Gasteiger partial charge in [0.05, 0.1) is 5.56 Å². The highest BCUT2D eigenvalue weighted by atomic mass is 32.2. The molecule has 1 N–H and O–H groups in total. The maximum absolute atomic E-state index is 13.2. The van der Waals surface area contributed by atoms with Gasteiger partial charge >= 0.3 is 5.97 Å². The van der Waals surface area contributed by atoms with Gasteiger partial charge in [0.25, 0.3) is 0 Å². The number of hydrogen-bond donors (Lipinski definition) is 1. The predicted molar refractivity (Wildman–Crippen MR) is 54.4 cm³/mol. The fraction of sp³-hybridized carbons (Fsp3) is 0.300. The lowest BCUT2D eigenvalue weighted by Crippen LogP contribution is -1.98. The van der Waals surface area contributed by atoms with Crippen LogP contribution in [0, 0.1) is 5.82 Å². The Morgan fingerprint density at radius 3 is 2.64 bits per heavy atom. The van der Waals surface area contributed by atoms with E-state index in [2.05, 4.69) is 0 Å². The zero-order valence-electron chi connectivity index (χ0n) is 7.95. The van der Waals surface area contributed by atoms with Gasteiger partial charge in [0.2, 0.25) is 0 Å². The minimum atomic E-state index is -1.03. The number of thioether (sulfide) groups is 1. The topological polar surface area (TPSA) is 37.3 Å². The fourth-order valence-electron chi connectivity index (χ4n) is 0.981. The van der Waals surface area contributed by atoms with Crippen LogP contribution in [-0.2, 0) is 0 Å². The van der Waals surface area contributed by atoms with E-state index in [0.717, 1.165) is 0 Å². The Balaban J connectivity index is 3.02. The Bertz CT molecular complexity index is 350. The van der Waals surface area contributed by atoms with Gasteiger partial charge in [-0.15, -0.1) is 11.8 Å². The van der Waals surface area contributed by atoms with Crippen LogP contribution in [0.25, 0.3) is 0 Å². The average Bonchev–Trinajstić information content (AvgIpc) is 2.07. The summed E-state index contributed by atoms with van der Waals surface area (Å²) in [5.74, 6) is -1.40. The molecule has 0 heterocycles. The molecule has 0 fully saturated rings. The van der Waals surface area contributed by atoms with Crippen LogP contribution in [0.3, 0.4) is 0 Å². The molecule has 0 saturated heterocycles. The third-order valence-electron chi connectivity index (χ3n) is 1.54. The zero-order valence-corrected chi connectivity index (χ0v) is 8.77. The van der Waals surface area contributed by atoms with Crippen LogP contribution in [0.5, 0.6) is 0 Å². The van der Waals surface area contributed by atoms with Crippen LogP contribution in [-0.4, -0.2) is 16.3 Å². The summed E-state index contributed by atoms with van der Waals surface area (Å²) >= 11 is 1.32. The second kappa shape index (κ2) is 4.46. The second-order valence-corrected chi connectivity index (χ2v) is 4.74. The fourth-order valence-corrected chi connectivity index (χ4v) is 1.86. The zero-order chi connectivity index (χ0) is 10.7. The van der Waals surface area contributed by atoms with Crippen LogP contribution in [0.1, 0.15) is 24.2 Å². The van der Waals surface area contributed by atoms with Gasteiger partial charge in [-0.3, -0.25) is 0 Å². The first-order chi connectivity index (χ1) is 6.50. The number of rotatable bonds is 3. The molecule has 0 saturated carbocycles. The van der Waals surface area contributed by atoms with Gasteiger partial charge in [0.1, 0.15) is 5.82 Å². The molecule has 0 bridgehead atoms. The number of benzene rings is 1. The number of hydrogen-bond acceptors (Lipinski definition) is 2. The highest BCUT2D eigenvalue weighted by Crippen LogP contribution is 2.26. The van der Waals surface area contributed by atoms with Crippen molar-refractivity contribution < 1.29 is 14.3 Å². The third kappa shape index (κ3) is 2.73. The van der Waals surface area contributed by atoms with E-state index in [0.29, 0.717) is 4.90 Å². The molecular formula is C10H11FO2S. The van der Waals surface area contributed by atoms with Gasteiger partial charge in [-0.05, 0) is 18.2 Å². The molecule has 0 spiro atoms. The molecule has 0 atom stereocenters. The molecule has 0 radical (unpaired) electrons. The molecule has 0 aromatic heterocycles. The lowest BCUT2D eigenvalue weighted by atomic mass is 10.2. The van der Waals surface area contributed by atoms with Crippen LogP contribution in [0.4, 0.5) is 4.39 Å². The summed E-state index contributed by atoms with van der Waals surface area (Å²) in [6.07, 6.45) is 0. The second-order valence-electron chi connectivity index (χ2n) is 3.12. The minimum Gasteiger partial charge on any atom is -0.478 e. The Kier molecular flexibility index (Phi) is 3.52. The molecule has 1 rings (SSSR count). The summed E-state index contributed by atoms with van der Waals surface area (Å²) in [7, 11) is 0. The maximum atomic E-state index is 13.2. The van der Waals surface area contributed by atoms with Gasteiger partial charge < -0.3 is 5.11 Å². The lowest BCUT2D eigenvalue weighted by Gasteiger charge is -2.06. The van der Waals surface area contributed by atoms with Gasteiger partial charge in [-0.1, -0.05) is 13.8 Å². The highest BCUT2D eigenvalue weighted by Gasteiger charge is 2.09. The monoisotopic (exact) mass is 214 g/mol. The van der Waals surface area contributed by atoms with E-state index in [-0.39, 0.29) is 16.6 Å². The van der Waals surface area contributed by atoms with Crippen molar-refractivity contribution in [2.75, 3.05) is 0 Å². The van der Waals surface area contributed by atoms with Crippen LogP contribution < -0.4 is 0 Å². The van der Waals surface area contributed by atoms with E-state index in [1.165, 1.54) is 30.0 Å². The van der Waals surface area contributed by atoms with Gasteiger partial charge in [-0.25, -0.2) is 9.18 Å². The lowest BCUT2D eigenvalue weighted by molar-refractivity contribution is 0.0696. The number of halogens is 1. The molecule has 0 aliphatic heterocycles. The summed E-state index contributed by atoms with van der Waals surface area (Å²) in [5.41, 5.74) is 0.120. The average molecular weight is 214 g/mol. The molecule has 0 aliphatic rings. The molecule has 0 amide bonds. The third-order valence-corrected chi connectivity index (χ3v) is 2.58. The molecule has 14 heavy (non-hydrogen) atoms. The van der Waals surface area contributed by atoms with Crippen molar-refractivity contribution in [2.45, 2.75) is 24.0 Å².